The van der Waals surface area contributed by atoms with Gasteiger partial charge in [-0.25, -0.2) is 14.2 Å². The number of rotatable bonds is 4. The van der Waals surface area contributed by atoms with Crippen molar-refractivity contribution >= 4 is 17.6 Å². The predicted octanol–water partition coefficient (Wildman–Crippen LogP) is 6.77. The van der Waals surface area contributed by atoms with Gasteiger partial charge in [0.25, 0.3) is 0 Å². The number of ether oxygens (including phenoxy) is 2. The van der Waals surface area contributed by atoms with Crippen LogP contribution in [0.4, 0.5) is 23.2 Å². The molecule has 11 heteroatoms. The molecule has 204 valence electrons. The van der Waals surface area contributed by atoms with Gasteiger partial charge in [0.2, 0.25) is 11.8 Å². The van der Waals surface area contributed by atoms with Crippen LogP contribution >= 0.6 is 0 Å². The lowest BCUT2D eigenvalue weighted by Gasteiger charge is -2.37. The number of carbonyl (C=O) groups excluding carboxylic acids is 2. The Labute approximate surface area is 221 Å². The van der Waals surface area contributed by atoms with E-state index in [2.05, 4.69) is 16.9 Å². The number of alkyl halides is 3. The number of amides is 1. The standard InChI is InChI=1S/C28H25F4N3O4/c1-15-5-7-17(8-6-15)26(36)35-16(2)38-27(37)20-11-24(22(29)12-23(20)35)39-25-21(28(30,31)32)10-19(14-34-25)18-4-3-9-33-13-18/h3-4,9-17H,5-8H2,1-2H3/t15-,16?,17-. The molecule has 3 heterocycles. The molecule has 0 bridgehead atoms. The number of halogens is 4. The average molecular weight is 544 g/mol. The number of nitrogens with zero attached hydrogens (tertiary/aromatic N) is 3. The van der Waals surface area contributed by atoms with Gasteiger partial charge in [-0.3, -0.25) is 14.7 Å². The molecule has 2 aliphatic rings. The first kappa shape index (κ1) is 26.6. The molecule has 1 fully saturated rings. The summed E-state index contributed by atoms with van der Waals surface area (Å²) in [6.07, 6.45) is 1.25. The molecule has 1 unspecified atom stereocenters. The Morgan fingerprint density at radius 1 is 1.08 bits per heavy atom. The molecule has 1 aliphatic heterocycles. The molecule has 5 rings (SSSR count). The molecule has 1 atom stereocenters. The van der Waals surface area contributed by atoms with Crippen LogP contribution in [-0.4, -0.2) is 28.1 Å². The Hall–Kier alpha value is -4.02. The van der Waals surface area contributed by atoms with Crippen LogP contribution < -0.4 is 9.64 Å². The summed E-state index contributed by atoms with van der Waals surface area (Å²) in [5.74, 6) is -3.55. The summed E-state index contributed by atoms with van der Waals surface area (Å²) >= 11 is 0. The fourth-order valence-electron chi connectivity index (χ4n) is 4.98. The maximum Gasteiger partial charge on any atom is 0.421 e. The summed E-state index contributed by atoms with van der Waals surface area (Å²) in [5, 5.41) is 0. The molecule has 1 aliphatic carbocycles. The third-order valence-electron chi connectivity index (χ3n) is 7.13. The van der Waals surface area contributed by atoms with Crippen LogP contribution in [-0.2, 0) is 15.7 Å². The zero-order valence-electron chi connectivity index (χ0n) is 21.2. The number of cyclic esters (lactones) is 1. The Balaban J connectivity index is 1.50. The van der Waals surface area contributed by atoms with Crippen LogP contribution in [0.5, 0.6) is 11.6 Å². The number of anilines is 1. The number of benzene rings is 1. The van der Waals surface area contributed by atoms with Crippen molar-refractivity contribution in [3.05, 3.63) is 65.9 Å². The van der Waals surface area contributed by atoms with Crippen LogP contribution in [0, 0.1) is 17.7 Å². The van der Waals surface area contributed by atoms with E-state index in [4.69, 9.17) is 9.47 Å². The summed E-state index contributed by atoms with van der Waals surface area (Å²) < 4.78 is 67.7. The average Bonchev–Trinajstić information content (AvgIpc) is 2.90. The normalized spacial score (nSPS) is 21.2. The third-order valence-corrected chi connectivity index (χ3v) is 7.13. The van der Waals surface area contributed by atoms with Gasteiger partial charge in [0, 0.05) is 47.8 Å². The highest BCUT2D eigenvalue weighted by Gasteiger charge is 2.40. The maximum absolute atomic E-state index is 15.3. The molecule has 7 nitrogen and oxygen atoms in total. The van der Waals surface area contributed by atoms with E-state index in [0.29, 0.717) is 24.3 Å². The first-order valence-electron chi connectivity index (χ1n) is 12.6. The molecular formula is C28H25F4N3O4. The first-order chi connectivity index (χ1) is 18.5. The number of esters is 1. The van der Waals surface area contributed by atoms with Gasteiger partial charge in [0.05, 0.1) is 11.3 Å². The van der Waals surface area contributed by atoms with Crippen molar-refractivity contribution in [3.8, 4) is 22.8 Å². The zero-order chi connectivity index (χ0) is 27.9. The lowest BCUT2D eigenvalue weighted by atomic mass is 9.82. The number of fused-ring (bicyclic) bond motifs is 1. The second-order valence-electron chi connectivity index (χ2n) is 9.89. The predicted molar refractivity (Wildman–Crippen MR) is 132 cm³/mol. The van der Waals surface area contributed by atoms with Crippen molar-refractivity contribution in [2.24, 2.45) is 11.8 Å². The van der Waals surface area contributed by atoms with E-state index in [0.717, 1.165) is 37.2 Å². The van der Waals surface area contributed by atoms with Crippen LogP contribution in [0.15, 0.2) is 48.9 Å². The number of hydrogen-bond acceptors (Lipinski definition) is 6. The second kappa shape index (κ2) is 10.3. The lowest BCUT2D eigenvalue weighted by molar-refractivity contribution is -0.138. The second-order valence-corrected chi connectivity index (χ2v) is 9.89. The summed E-state index contributed by atoms with van der Waals surface area (Å²) in [6.45, 7) is 3.62. The largest absolute Gasteiger partial charge is 0.438 e. The SMILES string of the molecule is CC1OC(=O)c2cc(Oc3ncc(-c4cccnc4)cc3C(F)(F)F)c(F)cc2N1C(=O)[C@H]1CC[C@H](C)CC1. The highest BCUT2D eigenvalue weighted by Crippen LogP contribution is 2.42. The molecule has 39 heavy (non-hydrogen) atoms. The minimum absolute atomic E-state index is 0.0110. The Bertz CT molecular complexity index is 1410. The summed E-state index contributed by atoms with van der Waals surface area (Å²) in [5.41, 5.74) is -0.903. The van der Waals surface area contributed by atoms with Gasteiger partial charge in [0.15, 0.2) is 17.8 Å². The first-order valence-corrected chi connectivity index (χ1v) is 12.6. The highest BCUT2D eigenvalue weighted by molar-refractivity contribution is 6.06. The fourth-order valence-corrected chi connectivity index (χ4v) is 4.98. The van der Waals surface area contributed by atoms with Gasteiger partial charge in [0.1, 0.15) is 5.56 Å². The minimum Gasteiger partial charge on any atom is -0.438 e. The van der Waals surface area contributed by atoms with Crippen molar-refractivity contribution < 1.29 is 36.6 Å². The lowest BCUT2D eigenvalue weighted by Crippen LogP contribution is -2.48. The smallest absolute Gasteiger partial charge is 0.421 e. The fraction of sp³-hybridized carbons (Fsp3) is 0.357. The van der Waals surface area contributed by atoms with Gasteiger partial charge >= 0.3 is 12.1 Å². The van der Waals surface area contributed by atoms with Crippen molar-refractivity contribution in [2.75, 3.05) is 4.90 Å². The third kappa shape index (κ3) is 5.30. The molecule has 2 aromatic heterocycles. The summed E-state index contributed by atoms with van der Waals surface area (Å²) in [7, 11) is 0. The molecule has 3 aromatic rings. The molecule has 0 radical (unpaired) electrons. The monoisotopic (exact) mass is 543 g/mol. The highest BCUT2D eigenvalue weighted by atomic mass is 19.4. The van der Waals surface area contributed by atoms with Crippen LogP contribution in [0.3, 0.4) is 0 Å². The zero-order valence-corrected chi connectivity index (χ0v) is 21.2. The number of aromatic nitrogens is 2. The maximum atomic E-state index is 15.3. The van der Waals surface area contributed by atoms with E-state index >= 15 is 4.39 Å². The van der Waals surface area contributed by atoms with Gasteiger partial charge in [-0.05, 0) is 50.7 Å². The van der Waals surface area contributed by atoms with E-state index < -0.39 is 41.4 Å². The molecule has 0 saturated heterocycles. The number of pyridine rings is 2. The van der Waals surface area contributed by atoms with Gasteiger partial charge < -0.3 is 9.47 Å². The van der Waals surface area contributed by atoms with E-state index in [1.165, 1.54) is 24.2 Å². The summed E-state index contributed by atoms with van der Waals surface area (Å²) in [4.78, 5) is 35.0. The Kier molecular flexibility index (Phi) is 7.00. The number of carbonyl (C=O) groups is 2. The van der Waals surface area contributed by atoms with E-state index in [9.17, 15) is 22.8 Å². The van der Waals surface area contributed by atoms with E-state index in [1.807, 2.05) is 0 Å². The van der Waals surface area contributed by atoms with Crippen LogP contribution in [0.1, 0.15) is 55.5 Å². The quantitative estimate of drug-likeness (QED) is 0.267. The summed E-state index contributed by atoms with van der Waals surface area (Å²) in [6, 6.07) is 5.83. The van der Waals surface area contributed by atoms with Gasteiger partial charge in [-0.1, -0.05) is 13.0 Å². The van der Waals surface area contributed by atoms with Crippen LogP contribution in [0.2, 0.25) is 0 Å². The molecule has 0 spiro atoms. The van der Waals surface area contributed by atoms with Crippen molar-refractivity contribution in [1.29, 1.82) is 0 Å². The molecule has 1 amide bonds. The molecule has 1 saturated carbocycles. The molecular weight excluding hydrogens is 518 g/mol. The van der Waals surface area contributed by atoms with Crippen LogP contribution in [0.25, 0.3) is 11.1 Å². The Morgan fingerprint density at radius 2 is 1.82 bits per heavy atom. The van der Waals surface area contributed by atoms with Crippen molar-refractivity contribution in [1.82, 2.24) is 9.97 Å². The number of hydrogen-bond donors (Lipinski definition) is 0. The Morgan fingerprint density at radius 3 is 2.49 bits per heavy atom. The van der Waals surface area contributed by atoms with Gasteiger partial charge in [-0.15, -0.1) is 0 Å². The minimum atomic E-state index is -4.87. The van der Waals surface area contributed by atoms with Crippen molar-refractivity contribution in [3.63, 3.8) is 0 Å². The topological polar surface area (TPSA) is 81.6 Å². The van der Waals surface area contributed by atoms with E-state index in [1.54, 1.807) is 12.1 Å². The van der Waals surface area contributed by atoms with Crippen molar-refractivity contribution in [2.45, 2.75) is 51.9 Å². The van der Waals surface area contributed by atoms with E-state index in [-0.39, 0.29) is 28.6 Å². The van der Waals surface area contributed by atoms with Gasteiger partial charge in [-0.2, -0.15) is 13.2 Å². The molecule has 1 aromatic carbocycles. The molecule has 0 N–H and O–H groups in total.